The predicted molar refractivity (Wildman–Crippen MR) is 197 cm³/mol. The maximum absolute atomic E-state index is 17.3. The highest BCUT2D eigenvalue weighted by atomic mass is 19.1. The lowest BCUT2D eigenvalue weighted by atomic mass is 9.94. The van der Waals surface area contributed by atoms with Crippen LogP contribution in [0.25, 0.3) is 38.5 Å². The summed E-state index contributed by atoms with van der Waals surface area (Å²) in [6, 6.07) is 5.56. The Morgan fingerprint density at radius 2 is 1.96 bits per heavy atom. The minimum absolute atomic E-state index is 0.0463. The van der Waals surface area contributed by atoms with E-state index < -0.39 is 28.9 Å². The number of terminal acetylenes is 1. The van der Waals surface area contributed by atoms with Gasteiger partial charge >= 0.3 is 12.1 Å². The molecule has 0 saturated carbocycles. The number of pyridine rings is 1. The molecule has 0 unspecified atom stereocenters. The van der Waals surface area contributed by atoms with Crippen LogP contribution in [0.3, 0.4) is 0 Å². The lowest BCUT2D eigenvalue weighted by molar-refractivity contribution is 0.0175. The zero-order valence-corrected chi connectivity index (χ0v) is 30.8. The Morgan fingerprint density at radius 3 is 2.72 bits per heavy atom. The largest absolute Gasteiger partial charge is 0.468 e. The fraction of sp³-hybridized carbons (Fsp3) is 0.463. The zero-order chi connectivity index (χ0) is 37.9. The lowest BCUT2D eigenvalue weighted by Crippen LogP contribution is -2.45. The van der Waals surface area contributed by atoms with E-state index in [9.17, 15) is 9.18 Å². The van der Waals surface area contributed by atoms with Crippen LogP contribution in [-0.2, 0) is 9.47 Å². The molecule has 1 amide bonds. The summed E-state index contributed by atoms with van der Waals surface area (Å²) in [7, 11) is 1.48. The van der Waals surface area contributed by atoms with Gasteiger partial charge in [-0.05, 0) is 88.6 Å². The maximum atomic E-state index is 17.3. The molecule has 2 aromatic carbocycles. The average Bonchev–Trinajstić information content (AvgIpc) is 3.75. The molecule has 0 aliphatic carbocycles. The second-order valence-corrected chi connectivity index (χ2v) is 15.7. The van der Waals surface area contributed by atoms with Crippen LogP contribution in [0, 0.1) is 24.0 Å². The molecule has 4 aliphatic rings. The third-order valence-corrected chi connectivity index (χ3v) is 11.0. The highest BCUT2D eigenvalue weighted by Gasteiger charge is 2.49. The smallest absolute Gasteiger partial charge is 0.411 e. The number of ether oxygens (including phenoxy) is 4. The van der Waals surface area contributed by atoms with E-state index in [0.717, 1.165) is 37.8 Å². The topological polar surface area (TPSA) is 99.1 Å². The van der Waals surface area contributed by atoms with Crippen molar-refractivity contribution < 1.29 is 36.9 Å². The standard InChI is InChI=1S/C41H42F3N5O5/c1-6-29-32(43)11-8-23-16-28(53-22-51-5)17-30(33(23)29)36-34(44)37-31(19-45-36)35(24-14-26-9-10-27(15-24)49(26)39(50)54-40(2,3)4)46-38(47-37)52-21-41-12-7-13-48(41)20-25(42)18-41/h1,8,11,14,16-17,19,25-27H,7,9-10,12-13,15,18,20-22H2,2-5H3/t25-,26+,27-,41+/m1/s1. The van der Waals surface area contributed by atoms with E-state index in [4.69, 9.17) is 30.4 Å². The number of hydrogen-bond donors (Lipinski definition) is 0. The summed E-state index contributed by atoms with van der Waals surface area (Å²) in [5.74, 6) is 1.32. The molecule has 0 spiro atoms. The number of benzene rings is 2. The number of rotatable bonds is 8. The molecule has 2 aromatic heterocycles. The number of amides is 1. The molecule has 8 rings (SSSR count). The Bertz CT molecular complexity index is 2240. The highest BCUT2D eigenvalue weighted by Crippen LogP contribution is 2.44. The summed E-state index contributed by atoms with van der Waals surface area (Å²) in [4.78, 5) is 31.2. The second-order valence-electron chi connectivity index (χ2n) is 15.7. The van der Waals surface area contributed by atoms with Crippen LogP contribution in [0.1, 0.15) is 70.6 Å². The van der Waals surface area contributed by atoms with Crippen molar-refractivity contribution in [3.05, 3.63) is 59.4 Å². The molecule has 3 saturated heterocycles. The molecule has 4 aliphatic heterocycles. The minimum Gasteiger partial charge on any atom is -0.468 e. The van der Waals surface area contributed by atoms with E-state index in [2.05, 4.69) is 20.8 Å². The van der Waals surface area contributed by atoms with Crippen molar-refractivity contribution in [2.75, 3.05) is 33.6 Å². The van der Waals surface area contributed by atoms with Crippen LogP contribution in [0.4, 0.5) is 18.0 Å². The van der Waals surface area contributed by atoms with Gasteiger partial charge < -0.3 is 18.9 Å². The van der Waals surface area contributed by atoms with Crippen molar-refractivity contribution in [2.24, 2.45) is 0 Å². The van der Waals surface area contributed by atoms with E-state index in [0.29, 0.717) is 41.6 Å². The van der Waals surface area contributed by atoms with Crippen LogP contribution < -0.4 is 9.47 Å². The number of carbonyl (C=O) groups excluding carboxylic acids is 1. The number of nitrogens with zero attached hydrogens (tertiary/aromatic N) is 5. The molecule has 2 bridgehead atoms. The molecule has 0 N–H and O–H groups in total. The van der Waals surface area contributed by atoms with E-state index >= 15 is 8.78 Å². The van der Waals surface area contributed by atoms with Crippen LogP contribution in [0.2, 0.25) is 0 Å². The first-order valence-corrected chi connectivity index (χ1v) is 18.3. The number of halogens is 3. The normalized spacial score (nSPS) is 23.8. The number of methoxy groups -OCH3 is 1. The molecule has 54 heavy (non-hydrogen) atoms. The number of aromatic nitrogens is 3. The summed E-state index contributed by atoms with van der Waals surface area (Å²) in [5.41, 5.74) is 0.0598. The Hall–Kier alpha value is -4.93. The third-order valence-electron chi connectivity index (χ3n) is 11.0. The molecular weight excluding hydrogens is 699 g/mol. The first-order chi connectivity index (χ1) is 25.9. The molecule has 0 radical (unpaired) electrons. The zero-order valence-electron chi connectivity index (χ0n) is 30.8. The summed E-state index contributed by atoms with van der Waals surface area (Å²) in [6.45, 7) is 6.70. The fourth-order valence-electron chi connectivity index (χ4n) is 8.74. The second kappa shape index (κ2) is 13.7. The first-order valence-electron chi connectivity index (χ1n) is 18.3. The molecule has 3 fully saturated rings. The minimum atomic E-state index is -0.958. The van der Waals surface area contributed by atoms with Crippen molar-refractivity contribution in [2.45, 2.75) is 88.7 Å². The van der Waals surface area contributed by atoms with Gasteiger partial charge in [-0.1, -0.05) is 18.1 Å². The van der Waals surface area contributed by atoms with Crippen LogP contribution in [-0.4, -0.2) is 93.8 Å². The van der Waals surface area contributed by atoms with E-state index in [1.165, 1.54) is 19.4 Å². The summed E-state index contributed by atoms with van der Waals surface area (Å²) in [6.07, 6.45) is 11.9. The summed E-state index contributed by atoms with van der Waals surface area (Å²) < 4.78 is 69.9. The Balaban J connectivity index is 1.27. The number of hydrogen-bond acceptors (Lipinski definition) is 9. The number of alkyl halides is 1. The van der Waals surface area contributed by atoms with E-state index in [-0.39, 0.29) is 65.3 Å². The molecule has 6 heterocycles. The van der Waals surface area contributed by atoms with Gasteiger partial charge in [0.1, 0.15) is 41.2 Å². The van der Waals surface area contributed by atoms with Gasteiger partial charge in [0.25, 0.3) is 0 Å². The number of carbonyl (C=O) groups is 1. The lowest BCUT2D eigenvalue weighted by Gasteiger charge is -2.35. The highest BCUT2D eigenvalue weighted by molar-refractivity contribution is 6.03. The van der Waals surface area contributed by atoms with Crippen LogP contribution in [0.5, 0.6) is 11.8 Å². The van der Waals surface area contributed by atoms with Crippen molar-refractivity contribution in [1.29, 1.82) is 0 Å². The molecule has 282 valence electrons. The van der Waals surface area contributed by atoms with Crippen LogP contribution in [0.15, 0.2) is 36.5 Å². The van der Waals surface area contributed by atoms with E-state index in [1.54, 1.807) is 23.1 Å². The maximum Gasteiger partial charge on any atom is 0.411 e. The molecular formula is C41H42F3N5O5. The van der Waals surface area contributed by atoms with Gasteiger partial charge in [0.15, 0.2) is 12.6 Å². The summed E-state index contributed by atoms with van der Waals surface area (Å²) >= 11 is 0. The Morgan fingerprint density at radius 1 is 1.13 bits per heavy atom. The monoisotopic (exact) mass is 741 g/mol. The molecule has 10 nitrogen and oxygen atoms in total. The van der Waals surface area contributed by atoms with Crippen molar-refractivity contribution in [3.8, 4) is 35.4 Å². The Kier molecular flexibility index (Phi) is 9.17. The Labute approximate surface area is 311 Å². The summed E-state index contributed by atoms with van der Waals surface area (Å²) in [5, 5.41) is 1.14. The first kappa shape index (κ1) is 36.1. The fourth-order valence-corrected chi connectivity index (χ4v) is 8.74. The van der Waals surface area contributed by atoms with Gasteiger partial charge in [-0.3, -0.25) is 14.8 Å². The van der Waals surface area contributed by atoms with Crippen LogP contribution >= 0.6 is 0 Å². The van der Waals surface area contributed by atoms with Gasteiger partial charge in [-0.25, -0.2) is 18.0 Å². The molecule has 4 aromatic rings. The SMILES string of the molecule is C#Cc1c(F)ccc2cc(OCOC)cc(-c3ncc4c(C5=C[C@@H]6CC[C@H](C5)N6C(=O)OC(C)(C)C)nc(OC[C@@]56CCCN5C[C@H](F)C6)nc4c3F)c12. The van der Waals surface area contributed by atoms with E-state index in [1.807, 2.05) is 26.8 Å². The van der Waals surface area contributed by atoms with Crippen molar-refractivity contribution >= 4 is 33.3 Å². The van der Waals surface area contributed by atoms with Gasteiger partial charge in [-0.15, -0.1) is 6.42 Å². The van der Waals surface area contributed by atoms with Crippen molar-refractivity contribution in [1.82, 2.24) is 24.8 Å². The van der Waals surface area contributed by atoms with Gasteiger partial charge in [-0.2, -0.15) is 9.97 Å². The predicted octanol–water partition coefficient (Wildman–Crippen LogP) is 7.60. The van der Waals surface area contributed by atoms with Crippen molar-refractivity contribution in [3.63, 3.8) is 0 Å². The van der Waals surface area contributed by atoms with Gasteiger partial charge in [0, 0.05) is 48.6 Å². The van der Waals surface area contributed by atoms with Gasteiger partial charge in [0.2, 0.25) is 0 Å². The van der Waals surface area contributed by atoms with Gasteiger partial charge in [0.05, 0.1) is 22.8 Å². The number of fused-ring (bicyclic) bond motifs is 5. The molecule has 13 heteroatoms. The average molecular weight is 742 g/mol. The third kappa shape index (κ3) is 6.39. The molecule has 4 atom stereocenters. The quantitative estimate of drug-likeness (QED) is 0.134.